The molecule has 1 aliphatic rings. The Morgan fingerprint density at radius 1 is 1.04 bits per heavy atom. The zero-order valence-corrected chi connectivity index (χ0v) is 26.9. The van der Waals surface area contributed by atoms with Gasteiger partial charge in [-0.25, -0.2) is 4.79 Å². The molecule has 11 nitrogen and oxygen atoms in total. The van der Waals surface area contributed by atoms with E-state index in [0.29, 0.717) is 49.7 Å². The number of carbonyl (C=O) groups is 2. The molecule has 0 bridgehead atoms. The van der Waals surface area contributed by atoms with Crippen LogP contribution in [0.25, 0.3) is 0 Å². The van der Waals surface area contributed by atoms with Crippen LogP contribution in [-0.4, -0.2) is 88.4 Å². The van der Waals surface area contributed by atoms with Gasteiger partial charge in [-0.05, 0) is 55.7 Å². The normalized spacial score (nSPS) is 21.5. The number of rotatable bonds is 16. The number of aromatic carboxylic acids is 1. The van der Waals surface area contributed by atoms with Gasteiger partial charge in [-0.3, -0.25) is 4.79 Å². The van der Waals surface area contributed by atoms with E-state index in [1.807, 2.05) is 44.2 Å². The second kappa shape index (κ2) is 16.4. The number of benzene rings is 2. The van der Waals surface area contributed by atoms with Crippen molar-refractivity contribution in [2.24, 2.45) is 5.41 Å². The maximum absolute atomic E-state index is 12.8. The molecular formula is C34H49NO10. The minimum atomic E-state index is -1.25. The lowest BCUT2D eigenvalue weighted by molar-refractivity contribution is -0.215. The van der Waals surface area contributed by atoms with Crippen molar-refractivity contribution in [3.05, 3.63) is 58.7 Å². The number of carbonyl (C=O) groups excluding carboxylic acids is 1. The molecule has 11 heteroatoms. The predicted molar refractivity (Wildman–Crippen MR) is 167 cm³/mol. The first-order chi connectivity index (χ1) is 21.3. The van der Waals surface area contributed by atoms with E-state index in [1.54, 1.807) is 14.0 Å². The van der Waals surface area contributed by atoms with Gasteiger partial charge >= 0.3 is 5.97 Å². The van der Waals surface area contributed by atoms with Crippen molar-refractivity contribution in [3.8, 4) is 11.5 Å². The fourth-order valence-electron chi connectivity index (χ4n) is 5.96. The van der Waals surface area contributed by atoms with Gasteiger partial charge < -0.3 is 45.1 Å². The van der Waals surface area contributed by atoms with Gasteiger partial charge in [0.05, 0.1) is 18.3 Å². The molecule has 2 aromatic rings. The van der Waals surface area contributed by atoms with Crippen molar-refractivity contribution in [2.45, 2.75) is 109 Å². The summed E-state index contributed by atoms with van der Waals surface area (Å²) < 4.78 is 17.8. The summed E-state index contributed by atoms with van der Waals surface area (Å²) in [6.07, 6.45) is -0.536. The monoisotopic (exact) mass is 631 g/mol. The minimum Gasteiger partial charge on any atom is -0.508 e. The maximum Gasteiger partial charge on any atom is 0.339 e. The van der Waals surface area contributed by atoms with Crippen molar-refractivity contribution >= 4 is 11.9 Å². The number of aliphatic hydroxyl groups is 2. The quantitative estimate of drug-likeness (QED) is 0.118. The average molecular weight is 632 g/mol. The van der Waals surface area contributed by atoms with Gasteiger partial charge in [-0.2, -0.15) is 0 Å². The highest BCUT2D eigenvalue weighted by Gasteiger charge is 2.47. The molecule has 0 aromatic heterocycles. The summed E-state index contributed by atoms with van der Waals surface area (Å²) in [5.41, 5.74) is 1.01. The van der Waals surface area contributed by atoms with Crippen molar-refractivity contribution in [2.75, 3.05) is 14.2 Å². The standard InChI is InChI=1S/C34H49NO10/c1-20-23(30(33(41)42)26(38)18-25(20)37)14-10-9-13-22(43-4)17-29-34(2,3)28(39)19-27(45-29)32(44-5)35-31(40)24(36)16-15-21-11-7-6-8-12-21/h6-8,11-12,18,22,24,27-29,32,36-39H,9-10,13-17,19H2,1-5H3,(H,35,40)(H,41,42)/t22-,24?,27+,28-,29-,32+/m1/s1. The SMILES string of the molecule is CO[C@H](CCCCc1c(C)c(O)cc(O)c1C(=O)O)C[C@H]1O[C@H]([C@@H](NC(=O)C(O)CCc2ccccc2)OC)C[C@@H](O)C1(C)C. The molecule has 1 amide bonds. The average Bonchev–Trinajstić information content (AvgIpc) is 3.00. The molecule has 0 saturated carbocycles. The van der Waals surface area contributed by atoms with Crippen molar-refractivity contribution in [3.63, 3.8) is 0 Å². The fourth-order valence-corrected chi connectivity index (χ4v) is 5.96. The number of hydrogen-bond acceptors (Lipinski definition) is 9. The lowest BCUT2D eigenvalue weighted by Gasteiger charge is -2.48. The number of amides is 1. The van der Waals surface area contributed by atoms with Gasteiger partial charge in [0.25, 0.3) is 5.91 Å². The summed E-state index contributed by atoms with van der Waals surface area (Å²) in [7, 11) is 3.04. The molecule has 250 valence electrons. The van der Waals surface area contributed by atoms with Gasteiger partial charge in [0.1, 0.15) is 29.3 Å². The molecule has 6 N–H and O–H groups in total. The summed E-state index contributed by atoms with van der Waals surface area (Å²) >= 11 is 0. The highest BCUT2D eigenvalue weighted by atomic mass is 16.6. The second-order valence-electron chi connectivity index (χ2n) is 12.5. The molecule has 3 rings (SSSR count). The Morgan fingerprint density at radius 3 is 2.36 bits per heavy atom. The van der Waals surface area contributed by atoms with Gasteiger partial charge in [-0.15, -0.1) is 0 Å². The molecule has 1 saturated heterocycles. The summed E-state index contributed by atoms with van der Waals surface area (Å²) in [6.45, 7) is 5.47. The lowest BCUT2D eigenvalue weighted by Crippen LogP contribution is -2.58. The molecule has 1 aliphatic heterocycles. The van der Waals surface area contributed by atoms with Crippen LogP contribution in [0.15, 0.2) is 36.4 Å². The summed E-state index contributed by atoms with van der Waals surface area (Å²) in [6, 6.07) is 10.6. The molecule has 0 aliphatic carbocycles. The highest BCUT2D eigenvalue weighted by Crippen LogP contribution is 2.40. The number of unbranched alkanes of at least 4 members (excludes halogenated alkanes) is 1. The van der Waals surface area contributed by atoms with E-state index in [4.69, 9.17) is 14.2 Å². The first-order valence-corrected chi connectivity index (χ1v) is 15.5. The largest absolute Gasteiger partial charge is 0.508 e. The number of aromatic hydroxyl groups is 2. The topological polar surface area (TPSA) is 175 Å². The lowest BCUT2D eigenvalue weighted by atomic mass is 9.74. The number of phenols is 2. The van der Waals surface area contributed by atoms with E-state index in [2.05, 4.69) is 5.32 Å². The fraction of sp³-hybridized carbons (Fsp3) is 0.588. The molecule has 1 fully saturated rings. The minimum absolute atomic E-state index is 0.153. The van der Waals surface area contributed by atoms with Crippen LogP contribution in [0.2, 0.25) is 0 Å². The highest BCUT2D eigenvalue weighted by molar-refractivity contribution is 5.93. The first-order valence-electron chi connectivity index (χ1n) is 15.5. The molecule has 1 heterocycles. The van der Waals surface area contributed by atoms with Crippen LogP contribution in [0, 0.1) is 12.3 Å². The Bertz CT molecular complexity index is 1270. The van der Waals surface area contributed by atoms with Crippen LogP contribution in [0.1, 0.15) is 79.4 Å². The van der Waals surface area contributed by atoms with E-state index < -0.39 is 53.7 Å². The van der Waals surface area contributed by atoms with Crippen LogP contribution >= 0.6 is 0 Å². The molecule has 1 unspecified atom stereocenters. The van der Waals surface area contributed by atoms with Crippen LogP contribution in [0.5, 0.6) is 11.5 Å². The number of carboxylic acids is 1. The van der Waals surface area contributed by atoms with Crippen molar-refractivity contribution < 1.29 is 49.3 Å². The summed E-state index contributed by atoms with van der Waals surface area (Å²) in [5, 5.41) is 54.1. The van der Waals surface area contributed by atoms with E-state index in [-0.39, 0.29) is 30.3 Å². The molecule has 45 heavy (non-hydrogen) atoms. The van der Waals surface area contributed by atoms with E-state index >= 15 is 0 Å². The Morgan fingerprint density at radius 2 is 1.73 bits per heavy atom. The Balaban J connectivity index is 1.59. The second-order valence-corrected chi connectivity index (χ2v) is 12.5. The molecular weight excluding hydrogens is 582 g/mol. The molecule has 2 aromatic carbocycles. The number of aliphatic hydroxyl groups excluding tert-OH is 2. The zero-order valence-electron chi connectivity index (χ0n) is 26.9. The van der Waals surface area contributed by atoms with Crippen molar-refractivity contribution in [1.29, 1.82) is 0 Å². The third kappa shape index (κ3) is 9.40. The Labute approximate surface area is 265 Å². The maximum atomic E-state index is 12.8. The van der Waals surface area contributed by atoms with Crippen LogP contribution < -0.4 is 5.32 Å². The van der Waals surface area contributed by atoms with Gasteiger partial charge in [0.2, 0.25) is 0 Å². The van der Waals surface area contributed by atoms with E-state index in [9.17, 15) is 35.1 Å². The van der Waals surface area contributed by atoms with Crippen LogP contribution in [-0.2, 0) is 31.8 Å². The third-order valence-corrected chi connectivity index (χ3v) is 9.11. The number of phenolic OH excluding ortho intramolecular Hbond substituents is 1. The van der Waals surface area contributed by atoms with E-state index in [0.717, 1.165) is 11.6 Å². The molecule has 0 spiro atoms. The first kappa shape index (κ1) is 36.3. The third-order valence-electron chi connectivity index (χ3n) is 9.11. The number of hydrogen-bond donors (Lipinski definition) is 6. The van der Waals surface area contributed by atoms with Crippen LogP contribution in [0.3, 0.4) is 0 Å². The molecule has 0 radical (unpaired) electrons. The number of aryl methyl sites for hydroxylation is 1. The van der Waals surface area contributed by atoms with E-state index in [1.165, 1.54) is 7.11 Å². The number of ether oxygens (including phenoxy) is 3. The summed E-state index contributed by atoms with van der Waals surface area (Å²) in [5.74, 6) is -2.45. The smallest absolute Gasteiger partial charge is 0.339 e. The van der Waals surface area contributed by atoms with Gasteiger partial charge in [0, 0.05) is 38.5 Å². The van der Waals surface area contributed by atoms with Crippen LogP contribution in [0.4, 0.5) is 0 Å². The number of methoxy groups -OCH3 is 2. The molecule has 6 atom stereocenters. The van der Waals surface area contributed by atoms with Crippen molar-refractivity contribution in [1.82, 2.24) is 5.32 Å². The Kier molecular flexibility index (Phi) is 13.2. The predicted octanol–water partition coefficient (Wildman–Crippen LogP) is 3.85. The Hall–Kier alpha value is -3.22. The van der Waals surface area contributed by atoms with Gasteiger partial charge in [0.15, 0.2) is 6.23 Å². The number of nitrogens with one attached hydrogen (secondary N) is 1. The summed E-state index contributed by atoms with van der Waals surface area (Å²) in [4.78, 5) is 24.6. The van der Waals surface area contributed by atoms with Gasteiger partial charge in [-0.1, -0.05) is 50.6 Å². The number of carboxylic acid groups (broad SMARTS) is 1. The zero-order chi connectivity index (χ0) is 33.3.